The molecule has 8 atom stereocenters. The van der Waals surface area contributed by atoms with Crippen molar-refractivity contribution < 1.29 is 86.1 Å². The summed E-state index contributed by atoms with van der Waals surface area (Å²) in [4.78, 5) is 160. The molecule has 9 amide bonds. The van der Waals surface area contributed by atoms with Gasteiger partial charge in [-0.05, 0) is 110 Å². The lowest BCUT2D eigenvalue weighted by Crippen LogP contribution is -2.54. The van der Waals surface area contributed by atoms with Crippen LogP contribution in [0.25, 0.3) is 0 Å². The largest absolute Gasteiger partial charge is 0.495 e. The number of rotatable bonds is 28. The smallest absolute Gasteiger partial charge is 0.407 e. The third-order valence-corrected chi connectivity index (χ3v) is 16.1. The predicted molar refractivity (Wildman–Crippen MR) is 341 cm³/mol. The van der Waals surface area contributed by atoms with E-state index in [0.717, 1.165) is 11.1 Å². The number of nitrogens with zero attached hydrogens (tertiary/aromatic N) is 1. The summed E-state index contributed by atoms with van der Waals surface area (Å²) in [6, 6.07) is 15.7. The summed E-state index contributed by atoms with van der Waals surface area (Å²) in [5.41, 5.74) is 1.90. The quantitative estimate of drug-likeness (QED) is 0.0140. The first-order valence-electron chi connectivity index (χ1n) is 31.5. The van der Waals surface area contributed by atoms with Gasteiger partial charge in [0, 0.05) is 76.7 Å². The van der Waals surface area contributed by atoms with Gasteiger partial charge in [0.25, 0.3) is 11.8 Å². The normalized spacial score (nSPS) is 20.5. The van der Waals surface area contributed by atoms with Crippen LogP contribution in [0, 0.1) is 23.2 Å². The Morgan fingerprint density at radius 3 is 2.13 bits per heavy atom. The molecule has 3 heterocycles. The number of halogens is 1. The van der Waals surface area contributed by atoms with Gasteiger partial charge >= 0.3 is 24.0 Å². The van der Waals surface area contributed by atoms with Crippen molar-refractivity contribution in [2.24, 2.45) is 23.2 Å². The maximum absolute atomic E-state index is 14.0. The zero-order chi connectivity index (χ0) is 68.8. The molecular formula is C67H87ClN8O18. The molecule has 3 aromatic rings. The Morgan fingerprint density at radius 1 is 0.798 bits per heavy atom. The number of carbonyl (C=O) groups is 12. The molecule has 3 aliphatic heterocycles. The van der Waals surface area contributed by atoms with Crippen LogP contribution in [0.5, 0.6) is 5.75 Å². The molecule has 0 aliphatic carbocycles. The van der Waals surface area contributed by atoms with Crippen LogP contribution < -0.4 is 42.0 Å². The minimum absolute atomic E-state index is 0.00320. The van der Waals surface area contributed by atoms with E-state index in [1.807, 2.05) is 45.0 Å². The molecule has 0 radical (unpaired) electrons. The van der Waals surface area contributed by atoms with Gasteiger partial charge in [0.1, 0.15) is 42.7 Å². The molecule has 510 valence electrons. The Morgan fingerprint density at radius 2 is 1.48 bits per heavy atom. The van der Waals surface area contributed by atoms with E-state index in [1.165, 1.54) is 20.1 Å². The average molecular weight is 1330 g/mol. The second-order valence-corrected chi connectivity index (χ2v) is 25.3. The first-order valence-corrected chi connectivity index (χ1v) is 31.9. The highest BCUT2D eigenvalue weighted by atomic mass is 35.5. The van der Waals surface area contributed by atoms with E-state index in [1.54, 1.807) is 76.2 Å². The monoisotopic (exact) mass is 1330 g/mol. The van der Waals surface area contributed by atoms with E-state index < -0.39 is 119 Å². The Kier molecular flexibility index (Phi) is 27.9. The lowest BCUT2D eigenvalue weighted by atomic mass is 9.92. The molecule has 3 aromatic carbocycles. The van der Waals surface area contributed by atoms with Crippen molar-refractivity contribution in [2.75, 3.05) is 25.5 Å². The molecule has 26 nitrogen and oxygen atoms in total. The van der Waals surface area contributed by atoms with Crippen LogP contribution in [0.3, 0.4) is 0 Å². The summed E-state index contributed by atoms with van der Waals surface area (Å²) in [6.45, 7) is 13.8. The van der Waals surface area contributed by atoms with E-state index >= 15 is 0 Å². The third-order valence-electron chi connectivity index (χ3n) is 15.8. The van der Waals surface area contributed by atoms with Gasteiger partial charge in [0.2, 0.25) is 35.4 Å². The maximum atomic E-state index is 14.0. The number of hydroxylamine groups is 2. The van der Waals surface area contributed by atoms with Crippen LogP contribution in [-0.4, -0.2) is 133 Å². The fourth-order valence-electron chi connectivity index (χ4n) is 10.2. The number of anilines is 1. The number of benzene rings is 3. The second kappa shape index (κ2) is 35.4. The third kappa shape index (κ3) is 23.3. The summed E-state index contributed by atoms with van der Waals surface area (Å²) in [5.74, 6) is -7.17. The molecule has 0 bridgehead atoms. The van der Waals surface area contributed by atoms with Crippen molar-refractivity contribution in [3.8, 4) is 5.75 Å². The number of cyclic esters (lactones) is 2. The summed E-state index contributed by atoms with van der Waals surface area (Å²) >= 11 is 6.39. The summed E-state index contributed by atoms with van der Waals surface area (Å²) in [6.07, 6.45) is 0.0799. The van der Waals surface area contributed by atoms with Gasteiger partial charge in [0.05, 0.1) is 23.7 Å². The van der Waals surface area contributed by atoms with Crippen LogP contribution in [0.4, 0.5) is 10.5 Å². The van der Waals surface area contributed by atoms with Crippen molar-refractivity contribution in [3.63, 3.8) is 0 Å². The highest BCUT2D eigenvalue weighted by Gasteiger charge is 2.48. The number of nitrogens with one attached hydrogen (secondary N) is 7. The van der Waals surface area contributed by atoms with Gasteiger partial charge in [0.15, 0.2) is 6.10 Å². The second-order valence-electron chi connectivity index (χ2n) is 24.9. The first kappa shape index (κ1) is 74.1. The van der Waals surface area contributed by atoms with Gasteiger partial charge in [-0.3, -0.25) is 43.2 Å². The Hall–Kier alpha value is -8.91. The standard InChI is InChI=1S/C67H87ClN8O18/c1-38(2)32-52-64(86)91-50(15-12-16-53(78)73-49(34-44-23-28-51(89-9)47(68)33-44)61(83)71-37-67(7,8)65(87)92-52)40(5)59-60(93-59)45-24-19-42(20-25-45)35-70-66(88)90-36-43-21-26-46(27-22-43)72-62(84)48(14-10-11-31-69-41(6)77)74-63(85)58(39(3)4)75-54(79)17-13-18-57(82)94-76-55(80)29-30-56(76)81/h12,16,19-28,33,38-40,48-50,52,58-60H,10-11,13-15,17-18,29-32,34-37H2,1-9H3,(H,69,77)(H,70,88)(H,71,83)(H,72,84)(H,73,78)(H,74,85)(H,75,79)/b16-12+/t40-,48-,49+,50-,52-,58-,59+,60+/m0/s1. The Bertz CT molecular complexity index is 3230. The topological polar surface area (TPSA) is 351 Å². The Labute approximate surface area is 551 Å². The number of unbranched alkanes of at least 4 members (excludes halogenated alkanes) is 1. The Balaban J connectivity index is 1.00. The number of ether oxygens (including phenoxy) is 5. The van der Waals surface area contributed by atoms with Gasteiger partial charge in [-0.25, -0.2) is 14.4 Å². The first-order chi connectivity index (χ1) is 44.6. The van der Waals surface area contributed by atoms with Crippen molar-refractivity contribution in [1.29, 1.82) is 0 Å². The molecule has 94 heavy (non-hydrogen) atoms. The zero-order valence-electron chi connectivity index (χ0n) is 54.6. The highest BCUT2D eigenvalue weighted by Crippen LogP contribution is 2.45. The number of hydrogen-bond donors (Lipinski definition) is 7. The molecule has 2 saturated heterocycles. The van der Waals surface area contributed by atoms with Crippen molar-refractivity contribution in [2.45, 2.75) is 182 Å². The summed E-state index contributed by atoms with van der Waals surface area (Å²) in [5, 5.41) is 19.9. The van der Waals surface area contributed by atoms with Crippen molar-refractivity contribution >= 4 is 88.5 Å². The van der Waals surface area contributed by atoms with Crippen LogP contribution in [0.15, 0.2) is 78.9 Å². The SMILES string of the molecule is COc1ccc(C[C@H]2NC(=O)/C=C/C[C@@H]([C@H](C)[C@H]3O[C@@H]3c3ccc(CNC(=O)OCc4ccc(NC(=O)[C@H](CCCCNC(C)=O)NC(=O)[C@@H](NC(=O)CCCC(=O)ON5C(=O)CCC5=O)C(C)C)cc4)cc3)OC(=O)[C@H](CC(C)C)OC(=O)C(C)(C)CNC2=O)cc1Cl. The molecule has 0 unspecified atom stereocenters. The molecule has 0 saturated carbocycles. The number of carbonyl (C=O) groups excluding carboxylic acids is 12. The molecular weight excluding hydrogens is 1240 g/mol. The van der Waals surface area contributed by atoms with Crippen molar-refractivity contribution in [3.05, 3.63) is 106 Å². The summed E-state index contributed by atoms with van der Waals surface area (Å²) < 4.78 is 28.9. The number of alkyl carbamates (subject to hydrolysis) is 1. The number of amides is 9. The molecule has 0 spiro atoms. The zero-order valence-corrected chi connectivity index (χ0v) is 55.3. The highest BCUT2D eigenvalue weighted by molar-refractivity contribution is 6.32. The van der Waals surface area contributed by atoms with E-state index in [9.17, 15) is 57.5 Å². The molecule has 2 fully saturated rings. The van der Waals surface area contributed by atoms with Crippen LogP contribution in [-0.2, 0) is 96.1 Å². The predicted octanol–water partition coefficient (Wildman–Crippen LogP) is 6.20. The molecule has 0 aromatic heterocycles. The number of esters is 2. The number of methoxy groups -OCH3 is 1. The van der Waals surface area contributed by atoms with E-state index in [2.05, 4.69) is 37.2 Å². The van der Waals surface area contributed by atoms with Gasteiger partial charge in [-0.2, -0.15) is 0 Å². The van der Waals surface area contributed by atoms with Crippen LogP contribution in [0.1, 0.15) is 148 Å². The van der Waals surface area contributed by atoms with Crippen LogP contribution >= 0.6 is 11.6 Å². The molecule has 3 aliphatic rings. The molecule has 7 N–H and O–H groups in total. The van der Waals surface area contributed by atoms with Gasteiger partial charge < -0.3 is 65.7 Å². The minimum atomic E-state index is -1.29. The summed E-state index contributed by atoms with van der Waals surface area (Å²) in [7, 11) is 1.48. The van der Waals surface area contributed by atoms with Crippen molar-refractivity contribution in [1.82, 2.24) is 37.0 Å². The van der Waals surface area contributed by atoms with E-state index in [-0.39, 0.29) is 95.4 Å². The lowest BCUT2D eigenvalue weighted by Gasteiger charge is -2.29. The number of imide groups is 1. The minimum Gasteiger partial charge on any atom is -0.495 e. The number of epoxide rings is 1. The lowest BCUT2D eigenvalue weighted by molar-refractivity contribution is -0.197. The van der Waals surface area contributed by atoms with Gasteiger partial charge in [-0.15, -0.1) is 5.06 Å². The average Bonchev–Trinajstić information content (AvgIpc) is 1.63. The number of hydrogen-bond acceptors (Lipinski definition) is 18. The maximum Gasteiger partial charge on any atom is 0.407 e. The fraction of sp³-hybridized carbons (Fsp3) is 0.522. The van der Waals surface area contributed by atoms with Gasteiger partial charge in [-0.1, -0.05) is 94.8 Å². The van der Waals surface area contributed by atoms with E-state index in [4.69, 9.17) is 40.1 Å². The molecule has 27 heteroatoms. The molecule has 6 rings (SSSR count). The fourth-order valence-corrected chi connectivity index (χ4v) is 10.5. The van der Waals surface area contributed by atoms with E-state index in [0.29, 0.717) is 52.0 Å². The van der Waals surface area contributed by atoms with Crippen LogP contribution in [0.2, 0.25) is 5.02 Å².